The molecule has 0 unspecified atom stereocenters. The summed E-state index contributed by atoms with van der Waals surface area (Å²) in [6.45, 7) is 14.2. The van der Waals surface area contributed by atoms with Gasteiger partial charge < -0.3 is 10.6 Å². The monoisotopic (exact) mass is 466 g/mol. The van der Waals surface area contributed by atoms with Crippen molar-refractivity contribution in [3.8, 4) is 0 Å². The molecule has 33 heavy (non-hydrogen) atoms. The maximum atomic E-state index is 12.8. The Balaban J connectivity index is 1.81. The first-order valence-electron chi connectivity index (χ1n) is 11.0. The van der Waals surface area contributed by atoms with Gasteiger partial charge in [-0.3, -0.25) is 0 Å². The Bertz CT molecular complexity index is 1220. The molecule has 0 atom stereocenters. The maximum Gasteiger partial charge on any atom is 0.229 e. The first-order valence-corrected chi connectivity index (χ1v) is 12.7. The standard InChI is InChI=1S/C26H34N4O2S/c1-18-16-27-24(29-20-13-11-19(12-14-20)26(5,6)7)30-23(18)28-21-9-8-10-22(15-21)33(31,32)17-25(2,3)4/h8-16H,17H2,1-7H3,(H2,27,28,29,30). The van der Waals surface area contributed by atoms with Gasteiger partial charge in [-0.2, -0.15) is 4.98 Å². The second-order valence-electron chi connectivity index (χ2n) is 10.7. The van der Waals surface area contributed by atoms with E-state index in [4.69, 9.17) is 0 Å². The zero-order chi connectivity index (χ0) is 24.4. The van der Waals surface area contributed by atoms with Gasteiger partial charge in [-0.05, 0) is 53.6 Å². The van der Waals surface area contributed by atoms with Crippen LogP contribution >= 0.6 is 0 Å². The lowest BCUT2D eigenvalue weighted by atomic mass is 9.87. The summed E-state index contributed by atoms with van der Waals surface area (Å²) in [7, 11) is -3.39. The first-order chi connectivity index (χ1) is 15.2. The van der Waals surface area contributed by atoms with Crippen LogP contribution in [0.1, 0.15) is 52.7 Å². The highest BCUT2D eigenvalue weighted by molar-refractivity contribution is 7.91. The van der Waals surface area contributed by atoms with E-state index in [0.29, 0.717) is 22.3 Å². The fourth-order valence-corrected chi connectivity index (χ4v) is 5.27. The van der Waals surface area contributed by atoms with Gasteiger partial charge >= 0.3 is 0 Å². The molecule has 7 heteroatoms. The molecular weight excluding hydrogens is 432 g/mol. The Morgan fingerprint density at radius 1 is 0.879 bits per heavy atom. The minimum atomic E-state index is -3.39. The molecule has 1 aromatic heterocycles. The van der Waals surface area contributed by atoms with E-state index in [-0.39, 0.29) is 16.6 Å². The molecule has 0 aliphatic carbocycles. The number of anilines is 4. The Hall–Kier alpha value is -2.93. The van der Waals surface area contributed by atoms with Gasteiger partial charge in [0.1, 0.15) is 5.82 Å². The van der Waals surface area contributed by atoms with Crippen molar-refractivity contribution in [2.75, 3.05) is 16.4 Å². The van der Waals surface area contributed by atoms with Crippen LogP contribution in [0.15, 0.2) is 59.6 Å². The van der Waals surface area contributed by atoms with Crippen LogP contribution in [0.25, 0.3) is 0 Å². The molecule has 0 bridgehead atoms. The van der Waals surface area contributed by atoms with E-state index in [0.717, 1.165) is 11.3 Å². The van der Waals surface area contributed by atoms with Gasteiger partial charge in [-0.1, -0.05) is 59.7 Å². The third kappa shape index (κ3) is 6.78. The van der Waals surface area contributed by atoms with Gasteiger partial charge in [0.25, 0.3) is 0 Å². The second kappa shape index (κ2) is 9.14. The summed E-state index contributed by atoms with van der Waals surface area (Å²) < 4.78 is 25.6. The van der Waals surface area contributed by atoms with Crippen molar-refractivity contribution in [3.63, 3.8) is 0 Å². The van der Waals surface area contributed by atoms with E-state index < -0.39 is 9.84 Å². The smallest absolute Gasteiger partial charge is 0.229 e. The van der Waals surface area contributed by atoms with Crippen LogP contribution in [0, 0.1) is 12.3 Å². The summed E-state index contributed by atoms with van der Waals surface area (Å²) in [6.07, 6.45) is 1.74. The molecule has 176 valence electrons. The quantitative estimate of drug-likeness (QED) is 0.438. The van der Waals surface area contributed by atoms with E-state index in [1.54, 1.807) is 24.4 Å². The molecule has 3 rings (SSSR count). The summed E-state index contributed by atoms with van der Waals surface area (Å²) in [5.41, 5.74) is 3.43. The third-order valence-electron chi connectivity index (χ3n) is 5.06. The molecule has 0 amide bonds. The Morgan fingerprint density at radius 3 is 2.15 bits per heavy atom. The number of nitrogens with one attached hydrogen (secondary N) is 2. The largest absolute Gasteiger partial charge is 0.340 e. The lowest BCUT2D eigenvalue weighted by Gasteiger charge is -2.19. The highest BCUT2D eigenvalue weighted by atomic mass is 32.2. The fourth-order valence-electron chi connectivity index (χ4n) is 3.37. The van der Waals surface area contributed by atoms with Gasteiger partial charge in [0.15, 0.2) is 9.84 Å². The molecule has 0 fully saturated rings. The number of aryl methyl sites for hydroxylation is 1. The Kier molecular flexibility index (Phi) is 6.84. The maximum absolute atomic E-state index is 12.8. The number of nitrogens with zero attached hydrogens (tertiary/aromatic N) is 2. The molecule has 6 nitrogen and oxygen atoms in total. The van der Waals surface area contributed by atoms with Gasteiger partial charge in [-0.25, -0.2) is 13.4 Å². The van der Waals surface area contributed by atoms with Crippen LogP contribution < -0.4 is 10.6 Å². The summed E-state index contributed by atoms with van der Waals surface area (Å²) in [5.74, 6) is 1.16. The van der Waals surface area contributed by atoms with Crippen molar-refractivity contribution in [2.45, 2.75) is 58.8 Å². The topological polar surface area (TPSA) is 84.0 Å². The van der Waals surface area contributed by atoms with Crippen LogP contribution in [-0.2, 0) is 15.3 Å². The zero-order valence-electron chi connectivity index (χ0n) is 20.5. The summed E-state index contributed by atoms with van der Waals surface area (Å²) in [6, 6.07) is 15.1. The van der Waals surface area contributed by atoms with E-state index in [1.807, 2.05) is 45.9 Å². The molecule has 1 heterocycles. The van der Waals surface area contributed by atoms with E-state index in [1.165, 1.54) is 5.56 Å². The van der Waals surface area contributed by atoms with E-state index in [9.17, 15) is 8.42 Å². The predicted octanol–water partition coefficient (Wildman–Crippen LogP) is 6.39. The highest BCUT2D eigenvalue weighted by Gasteiger charge is 2.23. The molecule has 0 aliphatic rings. The van der Waals surface area contributed by atoms with E-state index in [2.05, 4.69) is 53.5 Å². The minimum absolute atomic E-state index is 0.0814. The van der Waals surface area contributed by atoms with Crippen molar-refractivity contribution >= 4 is 33.0 Å². The summed E-state index contributed by atoms with van der Waals surface area (Å²) in [4.78, 5) is 9.29. The summed E-state index contributed by atoms with van der Waals surface area (Å²) in [5, 5.41) is 6.49. The number of sulfone groups is 1. The normalized spacial score (nSPS) is 12.5. The zero-order valence-corrected chi connectivity index (χ0v) is 21.3. The molecule has 0 radical (unpaired) electrons. The fraction of sp³-hybridized carbons (Fsp3) is 0.385. The second-order valence-corrected chi connectivity index (χ2v) is 12.6. The molecule has 0 saturated carbocycles. The molecule has 2 N–H and O–H groups in total. The van der Waals surface area contributed by atoms with Crippen molar-refractivity contribution in [2.24, 2.45) is 5.41 Å². The van der Waals surface area contributed by atoms with Crippen molar-refractivity contribution in [3.05, 3.63) is 65.9 Å². The molecule has 3 aromatic rings. The van der Waals surface area contributed by atoms with E-state index >= 15 is 0 Å². The number of aromatic nitrogens is 2. The third-order valence-corrected chi connectivity index (χ3v) is 7.28. The Morgan fingerprint density at radius 2 is 1.55 bits per heavy atom. The molecular formula is C26H34N4O2S. The van der Waals surface area contributed by atoms with Crippen molar-refractivity contribution < 1.29 is 8.42 Å². The average molecular weight is 467 g/mol. The van der Waals surface area contributed by atoms with Crippen LogP contribution in [-0.4, -0.2) is 24.1 Å². The van der Waals surface area contributed by atoms with Crippen LogP contribution in [0.2, 0.25) is 0 Å². The predicted molar refractivity (Wildman–Crippen MR) is 136 cm³/mol. The van der Waals surface area contributed by atoms with Crippen molar-refractivity contribution in [1.29, 1.82) is 0 Å². The molecule has 0 aliphatic heterocycles. The average Bonchev–Trinajstić information content (AvgIpc) is 2.69. The first kappa shape index (κ1) is 24.7. The van der Waals surface area contributed by atoms with Crippen LogP contribution in [0.4, 0.5) is 23.1 Å². The highest BCUT2D eigenvalue weighted by Crippen LogP contribution is 2.27. The van der Waals surface area contributed by atoms with Crippen LogP contribution in [0.5, 0.6) is 0 Å². The van der Waals surface area contributed by atoms with Gasteiger partial charge in [0, 0.05) is 23.1 Å². The lowest BCUT2D eigenvalue weighted by molar-refractivity contribution is 0.461. The summed E-state index contributed by atoms with van der Waals surface area (Å²) >= 11 is 0. The number of hydrogen-bond acceptors (Lipinski definition) is 6. The van der Waals surface area contributed by atoms with Crippen LogP contribution in [0.3, 0.4) is 0 Å². The number of benzene rings is 2. The molecule has 0 saturated heterocycles. The number of hydrogen-bond donors (Lipinski definition) is 2. The van der Waals surface area contributed by atoms with Gasteiger partial charge in [-0.15, -0.1) is 0 Å². The minimum Gasteiger partial charge on any atom is -0.340 e. The SMILES string of the molecule is Cc1cnc(Nc2ccc(C(C)(C)C)cc2)nc1Nc1cccc(S(=O)(=O)CC(C)(C)C)c1. The molecule has 0 spiro atoms. The lowest BCUT2D eigenvalue weighted by Crippen LogP contribution is -2.20. The number of rotatable bonds is 6. The van der Waals surface area contributed by atoms with Gasteiger partial charge in [0.2, 0.25) is 5.95 Å². The van der Waals surface area contributed by atoms with Crippen molar-refractivity contribution in [1.82, 2.24) is 9.97 Å². The molecule has 2 aromatic carbocycles. The van der Waals surface area contributed by atoms with Gasteiger partial charge in [0.05, 0.1) is 10.6 Å². The Labute approximate surface area is 197 Å².